The van der Waals surface area contributed by atoms with Gasteiger partial charge in [-0.05, 0) is 26.7 Å². The molecule has 0 spiro atoms. The molecule has 0 aliphatic carbocycles. The van der Waals surface area contributed by atoms with Crippen molar-refractivity contribution in [2.75, 3.05) is 0 Å². The Hall–Kier alpha value is -0.560. The largest absolute Gasteiger partial charge is 0.381 e. The van der Waals surface area contributed by atoms with Crippen LogP contribution in [0.3, 0.4) is 0 Å². The molecule has 0 saturated carbocycles. The van der Waals surface area contributed by atoms with E-state index < -0.39 is 12.4 Å². The molecule has 0 radical (unpaired) electrons. The summed E-state index contributed by atoms with van der Waals surface area (Å²) >= 11 is 0. The third-order valence-corrected chi connectivity index (χ3v) is 1.75. The van der Waals surface area contributed by atoms with Crippen LogP contribution in [-0.2, 0) is 9.47 Å². The predicted molar refractivity (Wildman–Crippen MR) is 44.3 cm³/mol. The van der Waals surface area contributed by atoms with E-state index in [4.69, 9.17) is 14.6 Å². The van der Waals surface area contributed by atoms with E-state index in [1.165, 1.54) is 0 Å². The molecule has 1 heterocycles. The third kappa shape index (κ3) is 2.49. The fraction of sp³-hybridized carbons (Fsp3) is 0.778. The quantitative estimate of drug-likeness (QED) is 0.539. The first-order chi connectivity index (χ1) is 5.59. The van der Waals surface area contributed by atoms with Crippen molar-refractivity contribution in [3.05, 3.63) is 0 Å². The van der Waals surface area contributed by atoms with Gasteiger partial charge in [0.25, 0.3) is 0 Å². The fourth-order valence-corrected chi connectivity index (χ4v) is 0.900. The molecule has 0 aromatic carbocycles. The van der Waals surface area contributed by atoms with Crippen molar-refractivity contribution in [3.63, 3.8) is 0 Å². The van der Waals surface area contributed by atoms with E-state index in [9.17, 15) is 0 Å². The molecule has 12 heavy (non-hydrogen) atoms. The number of hydrogen-bond donors (Lipinski definition) is 1. The highest BCUT2D eigenvalue weighted by molar-refractivity contribution is 5.07. The van der Waals surface area contributed by atoms with Crippen LogP contribution in [0.15, 0.2) is 0 Å². The number of ether oxygens (including phenoxy) is 2. The molecule has 0 aromatic heterocycles. The lowest BCUT2D eigenvalue weighted by Gasteiger charge is -2.01. The average Bonchev–Trinajstić information content (AvgIpc) is 2.28. The number of aliphatic hydroxyl groups excluding tert-OH is 1. The second kappa shape index (κ2) is 3.90. The Morgan fingerprint density at radius 1 is 1.25 bits per heavy atom. The summed E-state index contributed by atoms with van der Waals surface area (Å²) in [5.74, 6) is 5.28. The summed E-state index contributed by atoms with van der Waals surface area (Å²) in [4.78, 5) is 0. The highest BCUT2D eigenvalue weighted by Gasteiger charge is 2.27. The van der Waals surface area contributed by atoms with E-state index in [-0.39, 0.29) is 12.2 Å². The smallest absolute Gasteiger partial charge is 0.223 e. The van der Waals surface area contributed by atoms with E-state index >= 15 is 0 Å². The van der Waals surface area contributed by atoms with Gasteiger partial charge in [-0.3, -0.25) is 0 Å². The Balaban J connectivity index is 2.44. The van der Waals surface area contributed by atoms with Crippen LogP contribution in [0.5, 0.6) is 0 Å². The van der Waals surface area contributed by atoms with Gasteiger partial charge in [0.15, 0.2) is 0 Å². The zero-order valence-corrected chi connectivity index (χ0v) is 7.57. The maximum Gasteiger partial charge on any atom is 0.223 e. The zero-order valence-electron chi connectivity index (χ0n) is 7.57. The molecule has 1 rings (SSSR count). The molecule has 68 valence electrons. The van der Waals surface area contributed by atoms with Gasteiger partial charge in [0, 0.05) is 0 Å². The maximum absolute atomic E-state index is 8.86. The normalized spacial score (nSPS) is 37.2. The summed E-state index contributed by atoms with van der Waals surface area (Å²) in [5.41, 5.74) is 0. The Kier molecular flexibility index (Phi) is 3.10. The maximum atomic E-state index is 8.86. The third-order valence-electron chi connectivity index (χ3n) is 1.75. The second-order valence-corrected chi connectivity index (χ2v) is 2.98. The van der Waals surface area contributed by atoms with Crippen LogP contribution in [0.4, 0.5) is 0 Å². The van der Waals surface area contributed by atoms with Gasteiger partial charge in [-0.1, -0.05) is 5.92 Å². The lowest BCUT2D eigenvalue weighted by atomic mass is 10.3. The summed E-state index contributed by atoms with van der Waals surface area (Å²) in [6, 6.07) is 0. The van der Waals surface area contributed by atoms with E-state index in [2.05, 4.69) is 11.8 Å². The molecular weight excluding hydrogens is 156 g/mol. The first kappa shape index (κ1) is 9.53. The second-order valence-electron chi connectivity index (χ2n) is 2.98. The van der Waals surface area contributed by atoms with Gasteiger partial charge < -0.3 is 14.6 Å². The highest BCUT2D eigenvalue weighted by atomic mass is 16.7. The SMILES string of the molecule is CC1OC(C#C[C@@H](C)O)O[C@@H]1C. The minimum Gasteiger partial charge on any atom is -0.381 e. The summed E-state index contributed by atoms with van der Waals surface area (Å²) in [6.45, 7) is 5.48. The minimum atomic E-state index is -0.622. The van der Waals surface area contributed by atoms with Crippen molar-refractivity contribution in [1.29, 1.82) is 0 Å². The van der Waals surface area contributed by atoms with Crippen molar-refractivity contribution >= 4 is 0 Å². The van der Waals surface area contributed by atoms with Crippen LogP contribution in [-0.4, -0.2) is 29.7 Å². The molecule has 2 unspecified atom stereocenters. The van der Waals surface area contributed by atoms with E-state index in [1.54, 1.807) is 6.92 Å². The molecule has 3 nitrogen and oxygen atoms in total. The summed E-state index contributed by atoms with van der Waals surface area (Å²) in [7, 11) is 0. The molecule has 0 aromatic rings. The van der Waals surface area contributed by atoms with Crippen molar-refractivity contribution in [1.82, 2.24) is 0 Å². The summed E-state index contributed by atoms with van der Waals surface area (Å²) in [5, 5.41) is 8.86. The number of rotatable bonds is 0. The van der Waals surface area contributed by atoms with Crippen LogP contribution in [0.1, 0.15) is 20.8 Å². The zero-order chi connectivity index (χ0) is 9.14. The van der Waals surface area contributed by atoms with E-state index in [1.807, 2.05) is 13.8 Å². The monoisotopic (exact) mass is 170 g/mol. The van der Waals surface area contributed by atoms with Gasteiger partial charge in [0.2, 0.25) is 6.29 Å². The number of hydrogen-bond acceptors (Lipinski definition) is 3. The lowest BCUT2D eigenvalue weighted by molar-refractivity contribution is -0.0170. The average molecular weight is 170 g/mol. The van der Waals surface area contributed by atoms with Crippen molar-refractivity contribution in [2.45, 2.75) is 45.4 Å². The lowest BCUT2D eigenvalue weighted by Crippen LogP contribution is -2.13. The molecule has 4 atom stereocenters. The molecule has 3 heteroatoms. The minimum absolute atomic E-state index is 0.0818. The van der Waals surface area contributed by atoms with E-state index in [0.717, 1.165) is 0 Å². The molecule has 0 amide bonds. The van der Waals surface area contributed by atoms with Gasteiger partial charge in [-0.2, -0.15) is 0 Å². The molecule has 1 aliphatic heterocycles. The first-order valence-corrected chi connectivity index (χ1v) is 4.09. The predicted octanol–water partition coefficient (Wildman–Crippen LogP) is 0.520. The van der Waals surface area contributed by atoms with Crippen LogP contribution < -0.4 is 0 Å². The summed E-state index contributed by atoms with van der Waals surface area (Å²) in [6.07, 6.45) is -0.926. The highest BCUT2D eigenvalue weighted by Crippen LogP contribution is 2.17. The van der Waals surface area contributed by atoms with Gasteiger partial charge in [-0.25, -0.2) is 0 Å². The Bertz CT molecular complexity index is 192. The van der Waals surface area contributed by atoms with Gasteiger partial charge in [-0.15, -0.1) is 0 Å². The topological polar surface area (TPSA) is 38.7 Å². The fourth-order valence-electron chi connectivity index (χ4n) is 0.900. The van der Waals surface area contributed by atoms with Crippen LogP contribution >= 0.6 is 0 Å². The Morgan fingerprint density at radius 3 is 2.17 bits per heavy atom. The van der Waals surface area contributed by atoms with Gasteiger partial charge >= 0.3 is 0 Å². The van der Waals surface area contributed by atoms with Crippen molar-refractivity contribution in [2.24, 2.45) is 0 Å². The number of aliphatic hydroxyl groups is 1. The van der Waals surface area contributed by atoms with Crippen LogP contribution in [0, 0.1) is 11.8 Å². The molecule has 1 N–H and O–H groups in total. The molecule has 1 aliphatic rings. The van der Waals surface area contributed by atoms with Gasteiger partial charge in [0.1, 0.15) is 6.10 Å². The van der Waals surface area contributed by atoms with Crippen molar-refractivity contribution in [3.8, 4) is 11.8 Å². The molecule has 0 bridgehead atoms. The first-order valence-electron chi connectivity index (χ1n) is 4.09. The van der Waals surface area contributed by atoms with Crippen LogP contribution in [0.2, 0.25) is 0 Å². The molecular formula is C9H14O3. The van der Waals surface area contributed by atoms with Crippen LogP contribution in [0.25, 0.3) is 0 Å². The molecule has 1 fully saturated rings. The summed E-state index contributed by atoms with van der Waals surface area (Å²) < 4.78 is 10.6. The Morgan fingerprint density at radius 2 is 1.75 bits per heavy atom. The van der Waals surface area contributed by atoms with E-state index in [0.29, 0.717) is 0 Å². The van der Waals surface area contributed by atoms with Gasteiger partial charge in [0.05, 0.1) is 12.2 Å². The standard InChI is InChI=1S/C9H14O3/c1-6(10)4-5-9-11-7(2)8(3)12-9/h6-10H,1-3H3/t6-,7-,8?,9?/m1/s1. The molecule has 1 saturated heterocycles. The Labute approximate surface area is 72.7 Å². The van der Waals surface area contributed by atoms with Crippen molar-refractivity contribution < 1.29 is 14.6 Å².